The molecule has 21 heavy (non-hydrogen) atoms. The lowest BCUT2D eigenvalue weighted by Crippen LogP contribution is -2.45. The summed E-state index contributed by atoms with van der Waals surface area (Å²) in [4.78, 5) is 13.2. The minimum absolute atomic E-state index is 0.445. The molecule has 0 bridgehead atoms. The summed E-state index contributed by atoms with van der Waals surface area (Å²) in [5, 5.41) is 10.3. The van der Waals surface area contributed by atoms with Crippen LogP contribution >= 0.6 is 0 Å². The Morgan fingerprint density at radius 3 is 3.05 bits per heavy atom. The van der Waals surface area contributed by atoms with Gasteiger partial charge in [-0.1, -0.05) is 12.1 Å². The van der Waals surface area contributed by atoms with Crippen LogP contribution in [0.3, 0.4) is 0 Å². The molecule has 1 atom stereocenters. The molecule has 5 heteroatoms. The largest absolute Gasteiger partial charge is 0.479 e. The number of hydrogen-bond acceptors (Lipinski definition) is 3. The molecule has 1 saturated heterocycles. The zero-order chi connectivity index (χ0) is 14.8. The van der Waals surface area contributed by atoms with Gasteiger partial charge in [-0.15, -0.1) is 0 Å². The van der Waals surface area contributed by atoms with Crippen molar-refractivity contribution in [1.82, 2.24) is 9.47 Å². The molecule has 5 nitrogen and oxygen atoms in total. The highest BCUT2D eigenvalue weighted by Gasteiger charge is 2.26. The number of rotatable bonds is 4. The fourth-order valence-electron chi connectivity index (χ4n) is 2.94. The van der Waals surface area contributed by atoms with Crippen LogP contribution in [-0.4, -0.2) is 46.3 Å². The Bertz CT molecular complexity index is 650. The van der Waals surface area contributed by atoms with Gasteiger partial charge in [-0.3, -0.25) is 4.90 Å². The molecule has 1 fully saturated rings. The Morgan fingerprint density at radius 1 is 1.43 bits per heavy atom. The molecule has 1 aromatic carbocycles. The van der Waals surface area contributed by atoms with Gasteiger partial charge in [0.2, 0.25) is 0 Å². The van der Waals surface area contributed by atoms with Crippen LogP contribution in [0.15, 0.2) is 30.5 Å². The number of fused-ring (bicyclic) bond motifs is 1. The van der Waals surface area contributed by atoms with Crippen molar-refractivity contribution < 1.29 is 14.6 Å². The first-order chi connectivity index (χ1) is 10.2. The number of benzene rings is 1. The molecule has 0 saturated carbocycles. The average molecular weight is 288 g/mol. The number of aliphatic carboxylic acids is 1. The number of ether oxygens (including phenoxy) is 1. The molecule has 112 valence electrons. The van der Waals surface area contributed by atoms with E-state index in [1.165, 1.54) is 16.5 Å². The Morgan fingerprint density at radius 2 is 2.29 bits per heavy atom. The van der Waals surface area contributed by atoms with Crippen molar-refractivity contribution in [3.8, 4) is 0 Å². The highest BCUT2D eigenvalue weighted by atomic mass is 16.5. The maximum absolute atomic E-state index is 11.1. The molecular formula is C16H20N2O3. The molecule has 1 N–H and O–H groups in total. The summed E-state index contributed by atoms with van der Waals surface area (Å²) in [5.41, 5.74) is 2.48. The van der Waals surface area contributed by atoms with E-state index in [2.05, 4.69) is 46.9 Å². The van der Waals surface area contributed by atoms with Crippen molar-refractivity contribution in [2.24, 2.45) is 0 Å². The summed E-state index contributed by atoms with van der Waals surface area (Å²) in [6.07, 6.45) is 1.39. The van der Waals surface area contributed by atoms with E-state index in [0.717, 1.165) is 19.6 Å². The van der Waals surface area contributed by atoms with Crippen molar-refractivity contribution in [3.63, 3.8) is 0 Å². The summed E-state index contributed by atoms with van der Waals surface area (Å²) < 4.78 is 7.49. The standard InChI is InChI=1S/C16H20N2O3/c1-2-18-7-6-13-12(4-3-5-14(13)18)10-17-8-9-21-15(11-17)16(19)20/h3-7,15H,2,8-11H2,1H3,(H,19,20)/t15-/m1/s1. The minimum Gasteiger partial charge on any atom is -0.479 e. The first-order valence-corrected chi connectivity index (χ1v) is 7.32. The topological polar surface area (TPSA) is 54.7 Å². The fraction of sp³-hybridized carbons (Fsp3) is 0.438. The van der Waals surface area contributed by atoms with Crippen LogP contribution in [0.2, 0.25) is 0 Å². The summed E-state index contributed by atoms with van der Waals surface area (Å²) in [5.74, 6) is -0.880. The van der Waals surface area contributed by atoms with Gasteiger partial charge in [0.15, 0.2) is 6.10 Å². The first kappa shape index (κ1) is 14.1. The van der Waals surface area contributed by atoms with Crippen LogP contribution in [-0.2, 0) is 22.6 Å². The van der Waals surface area contributed by atoms with Crippen LogP contribution in [0.25, 0.3) is 10.9 Å². The van der Waals surface area contributed by atoms with E-state index >= 15 is 0 Å². The maximum atomic E-state index is 11.1. The average Bonchev–Trinajstić information content (AvgIpc) is 2.92. The van der Waals surface area contributed by atoms with Gasteiger partial charge in [0.1, 0.15) is 0 Å². The van der Waals surface area contributed by atoms with E-state index in [1.807, 2.05) is 0 Å². The van der Waals surface area contributed by atoms with Crippen molar-refractivity contribution in [1.29, 1.82) is 0 Å². The van der Waals surface area contributed by atoms with Crippen molar-refractivity contribution in [2.45, 2.75) is 26.1 Å². The molecule has 1 aliphatic heterocycles. The molecule has 0 amide bonds. The van der Waals surface area contributed by atoms with Gasteiger partial charge >= 0.3 is 5.97 Å². The third-order valence-corrected chi connectivity index (χ3v) is 4.06. The first-order valence-electron chi connectivity index (χ1n) is 7.32. The quantitative estimate of drug-likeness (QED) is 0.934. The second kappa shape index (κ2) is 5.87. The third-order valence-electron chi connectivity index (χ3n) is 4.06. The molecule has 1 aromatic heterocycles. The third kappa shape index (κ3) is 2.80. The zero-order valence-electron chi connectivity index (χ0n) is 12.2. The lowest BCUT2D eigenvalue weighted by atomic mass is 10.1. The number of carboxylic acid groups (broad SMARTS) is 1. The number of carbonyl (C=O) groups is 1. The number of aryl methyl sites for hydroxylation is 1. The second-order valence-electron chi connectivity index (χ2n) is 5.38. The predicted octanol–water partition coefficient (Wildman–Crippen LogP) is 1.95. The van der Waals surface area contributed by atoms with Gasteiger partial charge < -0.3 is 14.4 Å². The monoisotopic (exact) mass is 288 g/mol. The van der Waals surface area contributed by atoms with Crippen molar-refractivity contribution in [3.05, 3.63) is 36.0 Å². The van der Waals surface area contributed by atoms with E-state index in [1.54, 1.807) is 0 Å². The van der Waals surface area contributed by atoms with Crippen LogP contribution in [0, 0.1) is 0 Å². The maximum Gasteiger partial charge on any atom is 0.334 e. The summed E-state index contributed by atoms with van der Waals surface area (Å²) in [7, 11) is 0. The molecule has 0 unspecified atom stereocenters. The highest BCUT2D eigenvalue weighted by molar-refractivity contribution is 5.83. The molecule has 0 aliphatic carbocycles. The number of aromatic nitrogens is 1. The van der Waals surface area contributed by atoms with Crippen LogP contribution < -0.4 is 0 Å². The normalized spacial score (nSPS) is 20.0. The molecule has 3 rings (SSSR count). The Kier molecular flexibility index (Phi) is 3.94. The van der Waals surface area contributed by atoms with E-state index in [-0.39, 0.29) is 0 Å². The molecular weight excluding hydrogens is 268 g/mol. The molecule has 1 aliphatic rings. The molecule has 2 aromatic rings. The number of morpholine rings is 1. The van der Waals surface area contributed by atoms with Crippen molar-refractivity contribution in [2.75, 3.05) is 19.7 Å². The fourth-order valence-corrected chi connectivity index (χ4v) is 2.94. The van der Waals surface area contributed by atoms with E-state index in [4.69, 9.17) is 9.84 Å². The van der Waals surface area contributed by atoms with Gasteiger partial charge in [0.05, 0.1) is 6.61 Å². The van der Waals surface area contributed by atoms with Gasteiger partial charge in [0.25, 0.3) is 0 Å². The zero-order valence-corrected chi connectivity index (χ0v) is 12.2. The molecule has 0 radical (unpaired) electrons. The van der Waals surface area contributed by atoms with Crippen LogP contribution in [0.1, 0.15) is 12.5 Å². The van der Waals surface area contributed by atoms with E-state index < -0.39 is 12.1 Å². The second-order valence-corrected chi connectivity index (χ2v) is 5.38. The summed E-state index contributed by atoms with van der Waals surface area (Å²) in [6, 6.07) is 8.46. The Balaban J connectivity index is 1.81. The molecule has 2 heterocycles. The van der Waals surface area contributed by atoms with Gasteiger partial charge in [-0.25, -0.2) is 4.79 Å². The van der Waals surface area contributed by atoms with Gasteiger partial charge in [-0.05, 0) is 24.6 Å². The minimum atomic E-state index is -0.880. The predicted molar refractivity (Wildman–Crippen MR) is 80.3 cm³/mol. The van der Waals surface area contributed by atoms with Gasteiger partial charge in [0, 0.05) is 43.3 Å². The number of hydrogen-bond donors (Lipinski definition) is 1. The van der Waals surface area contributed by atoms with Gasteiger partial charge in [-0.2, -0.15) is 0 Å². The lowest BCUT2D eigenvalue weighted by molar-refractivity contribution is -0.156. The summed E-state index contributed by atoms with van der Waals surface area (Å²) >= 11 is 0. The smallest absolute Gasteiger partial charge is 0.334 e. The number of carboxylic acids is 1. The molecule has 0 spiro atoms. The highest BCUT2D eigenvalue weighted by Crippen LogP contribution is 2.22. The lowest BCUT2D eigenvalue weighted by Gasteiger charge is -2.30. The van der Waals surface area contributed by atoms with Crippen molar-refractivity contribution >= 4 is 16.9 Å². The van der Waals surface area contributed by atoms with E-state index in [0.29, 0.717) is 13.2 Å². The Hall–Kier alpha value is -1.85. The Labute approximate surface area is 123 Å². The van der Waals surface area contributed by atoms with Crippen LogP contribution in [0.5, 0.6) is 0 Å². The van der Waals surface area contributed by atoms with Crippen LogP contribution in [0.4, 0.5) is 0 Å². The van der Waals surface area contributed by atoms with E-state index in [9.17, 15) is 4.79 Å². The number of nitrogens with zero attached hydrogens (tertiary/aromatic N) is 2. The summed E-state index contributed by atoms with van der Waals surface area (Å²) in [6.45, 7) is 5.53. The SMILES string of the molecule is CCn1ccc2c(CN3CCO[C@@H](C(=O)O)C3)cccc21.